The summed E-state index contributed by atoms with van der Waals surface area (Å²) in [6.45, 7) is 2.60. The summed E-state index contributed by atoms with van der Waals surface area (Å²) in [7, 11) is 0. The van der Waals surface area contributed by atoms with Crippen molar-refractivity contribution >= 4 is 0 Å². The molecule has 3 aliphatic rings. The maximum absolute atomic E-state index is 3.49. The topological polar surface area (TPSA) is 12.0 Å². The summed E-state index contributed by atoms with van der Waals surface area (Å²) in [4.78, 5) is 0. The summed E-state index contributed by atoms with van der Waals surface area (Å²) in [5, 5.41) is 3.49. The standard InChI is InChI=1S/C12H21N/c1-2-11-5-9(1)6-12(11)7-10-3-4-13-8-10/h9-13H,1-8H2. The van der Waals surface area contributed by atoms with Gasteiger partial charge in [-0.1, -0.05) is 6.42 Å². The van der Waals surface area contributed by atoms with E-state index in [0.29, 0.717) is 0 Å². The van der Waals surface area contributed by atoms with Gasteiger partial charge in [0.1, 0.15) is 0 Å². The average Bonchev–Trinajstić information content (AvgIpc) is 2.77. The smallest absolute Gasteiger partial charge is 0.00199 e. The lowest BCUT2D eigenvalue weighted by atomic mass is 9.82. The van der Waals surface area contributed by atoms with Crippen molar-refractivity contribution < 1.29 is 0 Å². The zero-order chi connectivity index (χ0) is 8.67. The maximum Gasteiger partial charge on any atom is -0.00199 e. The van der Waals surface area contributed by atoms with Crippen molar-refractivity contribution in [1.29, 1.82) is 0 Å². The molecule has 1 heterocycles. The number of hydrogen-bond acceptors (Lipinski definition) is 1. The summed E-state index contributed by atoms with van der Waals surface area (Å²) >= 11 is 0. The molecule has 0 amide bonds. The highest BCUT2D eigenvalue weighted by molar-refractivity contribution is 4.91. The molecule has 1 aliphatic heterocycles. The van der Waals surface area contributed by atoms with Crippen LogP contribution in [-0.2, 0) is 0 Å². The number of rotatable bonds is 2. The Morgan fingerprint density at radius 3 is 2.69 bits per heavy atom. The van der Waals surface area contributed by atoms with Gasteiger partial charge in [-0.05, 0) is 68.9 Å². The molecule has 2 aliphatic carbocycles. The van der Waals surface area contributed by atoms with Crippen molar-refractivity contribution in [2.45, 2.75) is 38.5 Å². The molecule has 74 valence electrons. The van der Waals surface area contributed by atoms with Crippen LogP contribution in [-0.4, -0.2) is 13.1 Å². The van der Waals surface area contributed by atoms with Crippen LogP contribution in [0.1, 0.15) is 38.5 Å². The normalized spacial score (nSPS) is 48.9. The molecule has 2 bridgehead atoms. The Morgan fingerprint density at radius 1 is 1.08 bits per heavy atom. The van der Waals surface area contributed by atoms with E-state index in [1.165, 1.54) is 19.5 Å². The molecule has 1 saturated heterocycles. The van der Waals surface area contributed by atoms with Gasteiger partial charge in [-0.3, -0.25) is 0 Å². The van der Waals surface area contributed by atoms with E-state index in [1.54, 1.807) is 32.1 Å². The first-order valence-electron chi connectivity index (χ1n) is 6.12. The summed E-state index contributed by atoms with van der Waals surface area (Å²) in [6.07, 6.45) is 9.30. The third-order valence-electron chi connectivity index (χ3n) is 4.68. The maximum atomic E-state index is 3.49. The molecule has 4 unspecified atom stereocenters. The summed E-state index contributed by atoms with van der Waals surface area (Å²) in [6, 6.07) is 0. The van der Waals surface area contributed by atoms with E-state index in [2.05, 4.69) is 5.32 Å². The van der Waals surface area contributed by atoms with Gasteiger partial charge in [-0.25, -0.2) is 0 Å². The van der Waals surface area contributed by atoms with Crippen molar-refractivity contribution in [1.82, 2.24) is 5.32 Å². The average molecular weight is 179 g/mol. The first-order chi connectivity index (χ1) is 6.42. The van der Waals surface area contributed by atoms with Crippen LogP contribution in [0.2, 0.25) is 0 Å². The zero-order valence-corrected chi connectivity index (χ0v) is 8.47. The van der Waals surface area contributed by atoms with Gasteiger partial charge in [-0.15, -0.1) is 0 Å². The van der Waals surface area contributed by atoms with E-state index in [1.807, 2.05) is 0 Å². The summed E-state index contributed by atoms with van der Waals surface area (Å²) < 4.78 is 0. The second kappa shape index (κ2) is 3.27. The zero-order valence-electron chi connectivity index (χ0n) is 8.47. The fourth-order valence-electron chi connectivity index (χ4n) is 4.01. The Balaban J connectivity index is 1.55. The van der Waals surface area contributed by atoms with E-state index in [4.69, 9.17) is 0 Å². The van der Waals surface area contributed by atoms with Crippen molar-refractivity contribution in [3.8, 4) is 0 Å². The van der Waals surface area contributed by atoms with E-state index in [-0.39, 0.29) is 0 Å². The highest BCUT2D eigenvalue weighted by atomic mass is 14.9. The lowest BCUT2D eigenvalue weighted by Crippen LogP contribution is -2.17. The largest absolute Gasteiger partial charge is 0.316 e. The molecule has 0 aromatic carbocycles. The Bertz CT molecular complexity index is 184. The molecule has 3 rings (SSSR count). The van der Waals surface area contributed by atoms with Gasteiger partial charge in [0.15, 0.2) is 0 Å². The third-order valence-corrected chi connectivity index (χ3v) is 4.68. The highest BCUT2D eigenvalue weighted by Gasteiger charge is 2.40. The minimum atomic E-state index is 1.03. The van der Waals surface area contributed by atoms with E-state index in [9.17, 15) is 0 Å². The van der Waals surface area contributed by atoms with Crippen LogP contribution in [0.15, 0.2) is 0 Å². The molecule has 1 heteroatoms. The Morgan fingerprint density at radius 2 is 2.08 bits per heavy atom. The van der Waals surface area contributed by atoms with Crippen LogP contribution in [0.5, 0.6) is 0 Å². The van der Waals surface area contributed by atoms with Gasteiger partial charge in [0.05, 0.1) is 0 Å². The van der Waals surface area contributed by atoms with Crippen LogP contribution < -0.4 is 5.32 Å². The molecule has 3 fully saturated rings. The highest BCUT2D eigenvalue weighted by Crippen LogP contribution is 2.50. The van der Waals surface area contributed by atoms with Crippen LogP contribution in [0.4, 0.5) is 0 Å². The second-order valence-corrected chi connectivity index (χ2v) is 5.53. The Kier molecular flexibility index (Phi) is 2.08. The van der Waals surface area contributed by atoms with Crippen molar-refractivity contribution in [2.24, 2.45) is 23.7 Å². The van der Waals surface area contributed by atoms with Crippen LogP contribution in [0.3, 0.4) is 0 Å². The van der Waals surface area contributed by atoms with Gasteiger partial charge in [0.25, 0.3) is 0 Å². The molecule has 0 spiro atoms. The van der Waals surface area contributed by atoms with Gasteiger partial charge >= 0.3 is 0 Å². The summed E-state index contributed by atoms with van der Waals surface area (Å²) in [5.41, 5.74) is 0. The number of hydrogen-bond donors (Lipinski definition) is 1. The van der Waals surface area contributed by atoms with Gasteiger partial charge in [0.2, 0.25) is 0 Å². The number of nitrogens with one attached hydrogen (secondary N) is 1. The van der Waals surface area contributed by atoms with E-state index < -0.39 is 0 Å². The number of fused-ring (bicyclic) bond motifs is 2. The molecular formula is C12H21N. The molecule has 2 saturated carbocycles. The monoisotopic (exact) mass is 179 g/mol. The van der Waals surface area contributed by atoms with Gasteiger partial charge in [-0.2, -0.15) is 0 Å². The second-order valence-electron chi connectivity index (χ2n) is 5.53. The lowest BCUT2D eigenvalue weighted by molar-refractivity contribution is 0.275. The molecule has 1 nitrogen and oxygen atoms in total. The van der Waals surface area contributed by atoms with Gasteiger partial charge in [0, 0.05) is 0 Å². The molecular weight excluding hydrogens is 158 g/mol. The molecule has 0 radical (unpaired) electrons. The van der Waals surface area contributed by atoms with E-state index >= 15 is 0 Å². The first kappa shape index (κ1) is 8.28. The van der Waals surface area contributed by atoms with Crippen LogP contribution in [0.25, 0.3) is 0 Å². The predicted octanol–water partition coefficient (Wildman–Crippen LogP) is 2.42. The quantitative estimate of drug-likeness (QED) is 0.686. The Hall–Kier alpha value is -0.0400. The lowest BCUT2D eigenvalue weighted by Gasteiger charge is -2.24. The molecule has 1 N–H and O–H groups in total. The minimum absolute atomic E-state index is 1.03. The molecule has 4 atom stereocenters. The van der Waals surface area contributed by atoms with Crippen molar-refractivity contribution in [2.75, 3.05) is 13.1 Å². The van der Waals surface area contributed by atoms with Crippen LogP contribution >= 0.6 is 0 Å². The fraction of sp³-hybridized carbons (Fsp3) is 1.00. The van der Waals surface area contributed by atoms with Crippen molar-refractivity contribution in [3.63, 3.8) is 0 Å². The SMILES string of the molecule is C1CC(CC2CC3CCC2C3)CN1. The van der Waals surface area contributed by atoms with Crippen LogP contribution in [0, 0.1) is 23.7 Å². The Labute approximate surface area is 81.3 Å². The first-order valence-corrected chi connectivity index (χ1v) is 6.12. The van der Waals surface area contributed by atoms with Crippen molar-refractivity contribution in [3.05, 3.63) is 0 Å². The predicted molar refractivity (Wildman–Crippen MR) is 54.5 cm³/mol. The minimum Gasteiger partial charge on any atom is -0.316 e. The molecule has 0 aromatic rings. The summed E-state index contributed by atoms with van der Waals surface area (Å²) in [5.74, 6) is 4.45. The third kappa shape index (κ3) is 1.52. The van der Waals surface area contributed by atoms with E-state index in [0.717, 1.165) is 23.7 Å². The molecule has 13 heavy (non-hydrogen) atoms. The molecule has 0 aromatic heterocycles. The van der Waals surface area contributed by atoms with Gasteiger partial charge < -0.3 is 5.32 Å². The fourth-order valence-corrected chi connectivity index (χ4v) is 4.01.